The second kappa shape index (κ2) is 9.79. The van der Waals surface area contributed by atoms with Crippen molar-refractivity contribution in [2.75, 3.05) is 5.73 Å². The van der Waals surface area contributed by atoms with E-state index in [-0.39, 0.29) is 16.9 Å². The molecule has 1 aromatic carbocycles. The second-order valence-electron chi connectivity index (χ2n) is 9.14. The van der Waals surface area contributed by atoms with Crippen LogP contribution in [0.3, 0.4) is 0 Å². The van der Waals surface area contributed by atoms with Crippen molar-refractivity contribution in [3.8, 4) is 17.5 Å². The fourth-order valence-corrected chi connectivity index (χ4v) is 5.29. The number of benzene rings is 1. The van der Waals surface area contributed by atoms with E-state index in [1.165, 1.54) is 20.4 Å². The van der Waals surface area contributed by atoms with Gasteiger partial charge in [-0.2, -0.15) is 5.10 Å². The Morgan fingerprint density at radius 3 is 2.67 bits per heavy atom. The van der Waals surface area contributed by atoms with Crippen LogP contribution in [0.15, 0.2) is 65.2 Å². The third-order valence-corrected chi connectivity index (χ3v) is 7.47. The molecule has 6 rings (SSSR count). The molecular weight excluding hydrogens is 526 g/mol. The molecule has 11 nitrogen and oxygen atoms in total. The van der Waals surface area contributed by atoms with Crippen molar-refractivity contribution in [1.29, 1.82) is 0 Å². The zero-order valence-electron chi connectivity index (χ0n) is 21.8. The molecule has 0 aliphatic carbocycles. The van der Waals surface area contributed by atoms with Gasteiger partial charge in [0.1, 0.15) is 16.2 Å². The summed E-state index contributed by atoms with van der Waals surface area (Å²) in [4.78, 5) is 37.0. The van der Waals surface area contributed by atoms with E-state index in [1.807, 2.05) is 49.7 Å². The number of amides is 1. The van der Waals surface area contributed by atoms with Gasteiger partial charge in [0.25, 0.3) is 11.5 Å². The Balaban J connectivity index is 1.45. The van der Waals surface area contributed by atoms with Crippen LogP contribution >= 0.6 is 11.3 Å². The Kier molecular flexibility index (Phi) is 6.13. The van der Waals surface area contributed by atoms with E-state index in [2.05, 4.69) is 32.3 Å². The Bertz CT molecular complexity index is 2040. The van der Waals surface area contributed by atoms with Gasteiger partial charge in [0, 0.05) is 24.8 Å². The van der Waals surface area contributed by atoms with Gasteiger partial charge in [-0.3, -0.25) is 18.8 Å². The lowest BCUT2D eigenvalue weighted by atomic mass is 10.2. The van der Waals surface area contributed by atoms with Crippen LogP contribution in [0, 0.1) is 18.8 Å². The molecule has 6 aromatic rings. The number of aromatic nitrogens is 7. The molecule has 12 heteroatoms. The fourth-order valence-electron chi connectivity index (χ4n) is 4.43. The standard InChI is InChI=1S/C28H23N9O2S/c1-16(32-26(38)22-23(29)34-36-13-7-12-30-25(22)36)24-33-27-21(28(39)37(24)20-8-5-4-6-9-20)19(15-40-27)11-10-18-14-31-35(3)17(18)2/h4-9,12-16H,1-3H3,(H2,29,34)(H,32,38). The van der Waals surface area contributed by atoms with Gasteiger partial charge in [-0.05, 0) is 32.0 Å². The highest BCUT2D eigenvalue weighted by molar-refractivity contribution is 7.17. The number of hydrogen-bond acceptors (Lipinski definition) is 8. The van der Waals surface area contributed by atoms with E-state index in [1.54, 1.807) is 36.3 Å². The third kappa shape index (κ3) is 4.18. The molecule has 1 atom stereocenters. The number of nitrogen functional groups attached to an aromatic ring is 1. The monoisotopic (exact) mass is 549 g/mol. The highest BCUT2D eigenvalue weighted by atomic mass is 32.1. The summed E-state index contributed by atoms with van der Waals surface area (Å²) in [7, 11) is 1.85. The van der Waals surface area contributed by atoms with Gasteiger partial charge < -0.3 is 11.1 Å². The van der Waals surface area contributed by atoms with E-state index in [4.69, 9.17) is 10.7 Å². The Hall–Kier alpha value is -5.28. The number of nitrogens with two attached hydrogens (primary N) is 1. The first-order valence-electron chi connectivity index (χ1n) is 12.3. The fraction of sp³-hybridized carbons (Fsp3) is 0.143. The van der Waals surface area contributed by atoms with E-state index in [0.29, 0.717) is 32.9 Å². The molecule has 0 saturated carbocycles. The number of thiophene rings is 1. The molecule has 1 amide bonds. The number of fused-ring (bicyclic) bond motifs is 2. The summed E-state index contributed by atoms with van der Waals surface area (Å²) < 4.78 is 4.71. The number of aryl methyl sites for hydroxylation is 1. The normalized spacial score (nSPS) is 11.9. The molecule has 0 aliphatic rings. The summed E-state index contributed by atoms with van der Waals surface area (Å²) in [5, 5.41) is 13.6. The van der Waals surface area contributed by atoms with Gasteiger partial charge in [-0.1, -0.05) is 30.0 Å². The van der Waals surface area contributed by atoms with Crippen molar-refractivity contribution in [3.05, 3.63) is 98.9 Å². The average Bonchev–Trinajstić information content (AvgIpc) is 3.62. The van der Waals surface area contributed by atoms with E-state index >= 15 is 0 Å². The van der Waals surface area contributed by atoms with Gasteiger partial charge >= 0.3 is 0 Å². The number of hydrogen-bond donors (Lipinski definition) is 2. The minimum atomic E-state index is -0.669. The van der Waals surface area contributed by atoms with Crippen LogP contribution in [0.5, 0.6) is 0 Å². The summed E-state index contributed by atoms with van der Waals surface area (Å²) in [6, 6.07) is 10.2. The lowest BCUT2D eigenvalue weighted by Gasteiger charge is -2.19. The van der Waals surface area contributed by atoms with E-state index in [9.17, 15) is 9.59 Å². The second-order valence-corrected chi connectivity index (χ2v) is 9.99. The summed E-state index contributed by atoms with van der Waals surface area (Å²) in [5.41, 5.74) is 9.17. The predicted molar refractivity (Wildman–Crippen MR) is 152 cm³/mol. The van der Waals surface area contributed by atoms with Gasteiger partial charge in [0.15, 0.2) is 11.5 Å². The topological polar surface area (TPSA) is 138 Å². The van der Waals surface area contributed by atoms with Gasteiger partial charge in [0.2, 0.25) is 0 Å². The first-order chi connectivity index (χ1) is 19.3. The molecule has 3 N–H and O–H groups in total. The number of carbonyl (C=O) groups is 1. The lowest BCUT2D eigenvalue weighted by molar-refractivity contribution is 0.0940. The lowest BCUT2D eigenvalue weighted by Crippen LogP contribution is -2.33. The molecule has 0 fully saturated rings. The summed E-state index contributed by atoms with van der Waals surface area (Å²) in [6.45, 7) is 3.70. The zero-order valence-corrected chi connectivity index (χ0v) is 22.6. The predicted octanol–water partition coefficient (Wildman–Crippen LogP) is 3.00. The molecule has 198 valence electrons. The highest BCUT2D eigenvalue weighted by Gasteiger charge is 2.25. The van der Waals surface area contributed by atoms with Crippen molar-refractivity contribution in [2.24, 2.45) is 7.05 Å². The van der Waals surface area contributed by atoms with Crippen LogP contribution in [-0.4, -0.2) is 39.8 Å². The summed E-state index contributed by atoms with van der Waals surface area (Å²) in [6.07, 6.45) is 4.92. The molecule has 5 aromatic heterocycles. The minimum absolute atomic E-state index is 0.0533. The molecule has 0 aliphatic heterocycles. The average molecular weight is 550 g/mol. The first-order valence-corrected chi connectivity index (χ1v) is 13.2. The molecule has 5 heterocycles. The van der Waals surface area contributed by atoms with E-state index in [0.717, 1.165) is 11.3 Å². The van der Waals surface area contributed by atoms with Crippen molar-refractivity contribution in [2.45, 2.75) is 19.9 Å². The van der Waals surface area contributed by atoms with Crippen LogP contribution in [0.25, 0.3) is 21.6 Å². The summed E-state index contributed by atoms with van der Waals surface area (Å²) in [5.74, 6) is 6.21. The minimum Gasteiger partial charge on any atom is -0.381 e. The van der Waals surface area contributed by atoms with Gasteiger partial charge in [-0.15, -0.1) is 16.4 Å². The summed E-state index contributed by atoms with van der Waals surface area (Å²) >= 11 is 1.33. The molecule has 0 saturated heterocycles. The maximum Gasteiger partial charge on any atom is 0.268 e. The van der Waals surface area contributed by atoms with Crippen molar-refractivity contribution in [3.63, 3.8) is 0 Å². The third-order valence-electron chi connectivity index (χ3n) is 6.60. The van der Waals surface area contributed by atoms with E-state index < -0.39 is 11.9 Å². The molecule has 0 radical (unpaired) electrons. The Morgan fingerprint density at radius 2 is 1.93 bits per heavy atom. The van der Waals surface area contributed by atoms with Crippen LogP contribution in [0.2, 0.25) is 0 Å². The SMILES string of the molecule is Cc1c(C#Cc2csc3nc(C(C)NC(=O)c4c(N)nn5cccnc45)n(-c4ccccc4)c(=O)c23)cnn1C. The van der Waals surface area contributed by atoms with Gasteiger partial charge in [-0.25, -0.2) is 14.5 Å². The van der Waals surface area contributed by atoms with Crippen molar-refractivity contribution >= 4 is 38.9 Å². The molecule has 0 spiro atoms. The number of rotatable bonds is 4. The smallest absolute Gasteiger partial charge is 0.268 e. The number of carbonyl (C=O) groups excluding carboxylic acids is 1. The molecular formula is C28H23N9O2S. The highest BCUT2D eigenvalue weighted by Crippen LogP contribution is 2.25. The van der Waals surface area contributed by atoms with Crippen molar-refractivity contribution < 1.29 is 4.79 Å². The first kappa shape index (κ1) is 25.0. The van der Waals surface area contributed by atoms with Crippen LogP contribution in [0.1, 0.15) is 46.0 Å². The molecule has 40 heavy (non-hydrogen) atoms. The Morgan fingerprint density at radius 1 is 1.15 bits per heavy atom. The van der Waals surface area contributed by atoms with Crippen LogP contribution < -0.4 is 16.6 Å². The number of anilines is 1. The quantitative estimate of drug-likeness (QED) is 0.323. The zero-order chi connectivity index (χ0) is 28.0. The van der Waals surface area contributed by atoms with Crippen LogP contribution in [-0.2, 0) is 7.05 Å². The Labute approximate surface area is 231 Å². The van der Waals surface area contributed by atoms with Gasteiger partial charge in [0.05, 0.1) is 40.1 Å². The molecule has 0 bridgehead atoms. The maximum atomic E-state index is 14.1. The molecule has 1 unspecified atom stereocenters. The number of nitrogens with one attached hydrogen (secondary N) is 1. The number of nitrogens with zero attached hydrogens (tertiary/aromatic N) is 7. The number of para-hydroxylation sites is 1. The maximum absolute atomic E-state index is 14.1. The largest absolute Gasteiger partial charge is 0.381 e. The van der Waals surface area contributed by atoms with Crippen molar-refractivity contribution in [1.82, 2.24) is 39.2 Å². The van der Waals surface area contributed by atoms with Crippen LogP contribution in [0.4, 0.5) is 5.82 Å².